The molecule has 1 aliphatic rings. The molecule has 140 valence electrons. The van der Waals surface area contributed by atoms with E-state index in [-0.39, 0.29) is 16.5 Å². The average Bonchev–Trinajstić information content (AvgIpc) is 3.01. The standard InChI is InChI=1S/C20H21N3O3S/c1-3-13-9-14-16(22-15-5-4-6-17(24)20(14)15)10-18(13)27(25,26)23-19-8-7-12(2)11-21-19/h7-11,22H,3-6H2,1-2H3,(H,21,23). The van der Waals surface area contributed by atoms with Crippen LogP contribution in [-0.4, -0.2) is 24.2 Å². The van der Waals surface area contributed by atoms with E-state index in [0.717, 1.165) is 35.0 Å². The van der Waals surface area contributed by atoms with Crippen LogP contribution in [0.15, 0.2) is 35.4 Å². The molecule has 0 aliphatic heterocycles. The van der Waals surface area contributed by atoms with E-state index < -0.39 is 10.0 Å². The summed E-state index contributed by atoms with van der Waals surface area (Å²) >= 11 is 0. The highest BCUT2D eigenvalue weighted by molar-refractivity contribution is 7.92. The molecule has 7 heteroatoms. The van der Waals surface area contributed by atoms with E-state index >= 15 is 0 Å². The Morgan fingerprint density at radius 2 is 2.04 bits per heavy atom. The first-order valence-electron chi connectivity index (χ1n) is 9.05. The Labute approximate surface area is 158 Å². The number of aromatic nitrogens is 2. The van der Waals surface area contributed by atoms with Gasteiger partial charge in [0.1, 0.15) is 5.82 Å². The van der Waals surface area contributed by atoms with Gasteiger partial charge in [0.05, 0.1) is 4.90 Å². The Hall–Kier alpha value is -2.67. The summed E-state index contributed by atoms with van der Waals surface area (Å²) in [6.45, 7) is 3.80. The number of carbonyl (C=O) groups is 1. The molecular weight excluding hydrogens is 362 g/mol. The van der Waals surface area contributed by atoms with Gasteiger partial charge in [-0.1, -0.05) is 13.0 Å². The molecule has 27 heavy (non-hydrogen) atoms. The van der Waals surface area contributed by atoms with Crippen molar-refractivity contribution in [2.45, 2.75) is 44.4 Å². The zero-order valence-electron chi connectivity index (χ0n) is 15.3. The summed E-state index contributed by atoms with van der Waals surface area (Å²) in [6, 6.07) is 6.92. The number of pyridine rings is 1. The maximum Gasteiger partial charge on any atom is 0.263 e. The highest BCUT2D eigenvalue weighted by atomic mass is 32.2. The van der Waals surface area contributed by atoms with E-state index in [0.29, 0.717) is 23.9 Å². The molecule has 0 bridgehead atoms. The van der Waals surface area contributed by atoms with E-state index in [2.05, 4.69) is 14.7 Å². The monoisotopic (exact) mass is 383 g/mol. The minimum absolute atomic E-state index is 0.127. The first kappa shape index (κ1) is 17.7. The van der Waals surface area contributed by atoms with Gasteiger partial charge in [0, 0.05) is 34.8 Å². The van der Waals surface area contributed by atoms with Gasteiger partial charge in [0.15, 0.2) is 5.78 Å². The lowest BCUT2D eigenvalue weighted by atomic mass is 9.94. The molecule has 2 aromatic heterocycles. The van der Waals surface area contributed by atoms with Crippen molar-refractivity contribution in [3.63, 3.8) is 0 Å². The Bertz CT molecular complexity index is 1150. The topological polar surface area (TPSA) is 91.9 Å². The summed E-state index contributed by atoms with van der Waals surface area (Å²) in [5.74, 6) is 0.408. The van der Waals surface area contributed by atoms with Crippen molar-refractivity contribution in [3.05, 3.63) is 52.8 Å². The first-order chi connectivity index (χ1) is 12.9. The van der Waals surface area contributed by atoms with Crippen LogP contribution in [0.5, 0.6) is 0 Å². The number of aryl methyl sites for hydroxylation is 3. The summed E-state index contributed by atoms with van der Waals surface area (Å²) in [7, 11) is -3.79. The number of H-pyrrole nitrogens is 1. The second kappa shape index (κ2) is 6.49. The molecule has 1 aliphatic carbocycles. The van der Waals surface area contributed by atoms with Crippen molar-refractivity contribution in [2.24, 2.45) is 0 Å². The quantitative estimate of drug-likeness (QED) is 0.718. The van der Waals surface area contributed by atoms with E-state index in [4.69, 9.17) is 0 Å². The number of Topliss-reactive ketones (excluding diaryl/α,β-unsaturated/α-hetero) is 1. The van der Waals surface area contributed by atoms with Crippen molar-refractivity contribution in [1.29, 1.82) is 0 Å². The maximum atomic E-state index is 13.0. The molecular formula is C20H21N3O3S. The predicted molar refractivity (Wildman–Crippen MR) is 105 cm³/mol. The Morgan fingerprint density at radius 1 is 1.22 bits per heavy atom. The number of ketones is 1. The van der Waals surface area contributed by atoms with Crippen LogP contribution in [0.4, 0.5) is 5.82 Å². The lowest BCUT2D eigenvalue weighted by molar-refractivity contribution is 0.0974. The van der Waals surface area contributed by atoms with E-state index in [9.17, 15) is 13.2 Å². The summed E-state index contributed by atoms with van der Waals surface area (Å²) in [5.41, 5.74) is 3.95. The van der Waals surface area contributed by atoms with Gasteiger partial charge in [-0.2, -0.15) is 0 Å². The number of hydrogen-bond donors (Lipinski definition) is 2. The molecule has 0 amide bonds. The fourth-order valence-electron chi connectivity index (χ4n) is 3.63. The number of fused-ring (bicyclic) bond motifs is 3. The molecule has 6 nitrogen and oxygen atoms in total. The van der Waals surface area contributed by atoms with Gasteiger partial charge in [-0.15, -0.1) is 0 Å². The van der Waals surface area contributed by atoms with Gasteiger partial charge in [-0.25, -0.2) is 13.4 Å². The second-order valence-corrected chi connectivity index (χ2v) is 8.59. The summed E-state index contributed by atoms with van der Waals surface area (Å²) in [5, 5.41) is 0.818. The lowest BCUT2D eigenvalue weighted by Gasteiger charge is -2.12. The molecule has 2 heterocycles. The fraction of sp³-hybridized carbons (Fsp3) is 0.300. The van der Waals surface area contributed by atoms with E-state index in [1.807, 2.05) is 19.9 Å². The van der Waals surface area contributed by atoms with Crippen LogP contribution in [0.3, 0.4) is 0 Å². The molecule has 4 rings (SSSR count). The number of aromatic amines is 1. The van der Waals surface area contributed by atoms with Crippen LogP contribution in [0.2, 0.25) is 0 Å². The molecule has 0 atom stereocenters. The fourth-order valence-corrected chi connectivity index (χ4v) is 4.95. The summed E-state index contributed by atoms with van der Waals surface area (Å²) in [4.78, 5) is 19.9. The van der Waals surface area contributed by atoms with Crippen molar-refractivity contribution in [3.8, 4) is 0 Å². The zero-order chi connectivity index (χ0) is 19.2. The Kier molecular flexibility index (Phi) is 4.26. The van der Waals surface area contributed by atoms with Gasteiger partial charge in [0.25, 0.3) is 10.0 Å². The number of sulfonamides is 1. The van der Waals surface area contributed by atoms with Gasteiger partial charge in [-0.3, -0.25) is 9.52 Å². The number of benzene rings is 1. The smallest absolute Gasteiger partial charge is 0.263 e. The third kappa shape index (κ3) is 3.12. The third-order valence-electron chi connectivity index (χ3n) is 4.99. The molecule has 3 aromatic rings. The maximum absolute atomic E-state index is 13.0. The van der Waals surface area contributed by atoms with Crippen LogP contribution < -0.4 is 4.72 Å². The Morgan fingerprint density at radius 3 is 2.74 bits per heavy atom. The number of rotatable bonds is 4. The average molecular weight is 383 g/mol. The SMILES string of the molecule is CCc1cc2c3c([nH]c2cc1S(=O)(=O)Nc1ccc(C)cn1)CCCC3=O. The second-order valence-electron chi connectivity index (χ2n) is 6.94. The van der Waals surface area contributed by atoms with Crippen molar-refractivity contribution in [1.82, 2.24) is 9.97 Å². The van der Waals surface area contributed by atoms with Crippen LogP contribution >= 0.6 is 0 Å². The van der Waals surface area contributed by atoms with E-state index in [1.165, 1.54) is 0 Å². The highest BCUT2D eigenvalue weighted by Crippen LogP contribution is 2.33. The Balaban J connectivity index is 1.83. The zero-order valence-corrected chi connectivity index (χ0v) is 16.1. The van der Waals surface area contributed by atoms with Crippen LogP contribution in [0.25, 0.3) is 10.9 Å². The van der Waals surface area contributed by atoms with Crippen molar-refractivity contribution in [2.75, 3.05) is 4.72 Å². The summed E-state index contributed by atoms with van der Waals surface area (Å²) < 4.78 is 28.5. The third-order valence-corrected chi connectivity index (χ3v) is 6.42. The number of hydrogen-bond acceptors (Lipinski definition) is 4. The normalized spacial score (nSPS) is 14.4. The molecule has 0 radical (unpaired) electrons. The number of anilines is 1. The molecule has 1 aromatic carbocycles. The molecule has 0 spiro atoms. The summed E-state index contributed by atoms with van der Waals surface area (Å²) in [6.07, 6.45) is 4.34. The largest absolute Gasteiger partial charge is 0.358 e. The van der Waals surface area contributed by atoms with Gasteiger partial charge in [-0.05, 0) is 55.5 Å². The van der Waals surface area contributed by atoms with Crippen molar-refractivity contribution >= 4 is 32.5 Å². The van der Waals surface area contributed by atoms with Gasteiger partial charge >= 0.3 is 0 Å². The van der Waals surface area contributed by atoms with E-state index in [1.54, 1.807) is 24.4 Å². The molecule has 2 N–H and O–H groups in total. The number of carbonyl (C=O) groups excluding carboxylic acids is 1. The van der Waals surface area contributed by atoms with Gasteiger partial charge in [0.2, 0.25) is 0 Å². The van der Waals surface area contributed by atoms with Gasteiger partial charge < -0.3 is 4.98 Å². The molecule has 0 unspecified atom stereocenters. The highest BCUT2D eigenvalue weighted by Gasteiger charge is 2.26. The lowest BCUT2D eigenvalue weighted by Crippen LogP contribution is -2.16. The van der Waals surface area contributed by atoms with Crippen LogP contribution in [-0.2, 0) is 22.9 Å². The number of nitrogens with zero attached hydrogens (tertiary/aromatic N) is 1. The molecule has 0 saturated heterocycles. The van der Waals surface area contributed by atoms with Crippen LogP contribution in [0, 0.1) is 6.92 Å². The molecule has 0 fully saturated rings. The predicted octanol–water partition coefficient (Wildman–Crippen LogP) is 3.75. The first-order valence-corrected chi connectivity index (χ1v) is 10.5. The minimum atomic E-state index is -3.79. The minimum Gasteiger partial charge on any atom is -0.358 e. The molecule has 0 saturated carbocycles. The van der Waals surface area contributed by atoms with Crippen molar-refractivity contribution < 1.29 is 13.2 Å². The van der Waals surface area contributed by atoms with Crippen LogP contribution in [0.1, 0.15) is 46.9 Å². The number of nitrogens with one attached hydrogen (secondary N) is 2.